The molecule has 96 valence electrons. The molecule has 17 heavy (non-hydrogen) atoms. The van der Waals surface area contributed by atoms with Crippen LogP contribution in [-0.2, 0) is 9.53 Å². The molecule has 1 amide bonds. The van der Waals surface area contributed by atoms with Gasteiger partial charge in [0.25, 0.3) is 0 Å². The van der Waals surface area contributed by atoms with Gasteiger partial charge in [-0.1, -0.05) is 6.58 Å². The number of likely N-dealkylation sites (tertiary alicyclic amines) is 1. The first-order valence-corrected chi connectivity index (χ1v) is 5.97. The lowest BCUT2D eigenvalue weighted by Gasteiger charge is -2.33. The Hall–Kier alpha value is -1.32. The standard InChI is InChI=1S/C13H21NO3/c1-5-11(15)10-7-6-8-14(9-10)12(16)17-13(2,3)4/h5,10H,1,6-9H2,2-4H3/t10-/m1/s1. The maximum Gasteiger partial charge on any atom is 0.410 e. The summed E-state index contributed by atoms with van der Waals surface area (Å²) in [6, 6.07) is 0. The number of nitrogens with zero attached hydrogens (tertiary/aromatic N) is 1. The van der Waals surface area contributed by atoms with Gasteiger partial charge in [0.05, 0.1) is 0 Å². The number of carbonyl (C=O) groups is 2. The van der Waals surface area contributed by atoms with Crippen molar-refractivity contribution in [2.75, 3.05) is 13.1 Å². The monoisotopic (exact) mass is 239 g/mol. The van der Waals surface area contributed by atoms with E-state index in [1.165, 1.54) is 6.08 Å². The average Bonchev–Trinajstić information content (AvgIpc) is 2.26. The zero-order chi connectivity index (χ0) is 13.1. The van der Waals surface area contributed by atoms with Crippen LogP contribution < -0.4 is 0 Å². The second-order valence-corrected chi connectivity index (χ2v) is 5.37. The van der Waals surface area contributed by atoms with Crippen molar-refractivity contribution < 1.29 is 14.3 Å². The Morgan fingerprint density at radius 1 is 1.41 bits per heavy atom. The molecule has 1 atom stereocenters. The van der Waals surface area contributed by atoms with Gasteiger partial charge in [-0.2, -0.15) is 0 Å². The van der Waals surface area contributed by atoms with E-state index in [2.05, 4.69) is 6.58 Å². The third-order valence-corrected chi connectivity index (χ3v) is 2.68. The highest BCUT2D eigenvalue weighted by molar-refractivity contribution is 5.91. The van der Waals surface area contributed by atoms with Gasteiger partial charge in [-0.25, -0.2) is 4.79 Å². The van der Waals surface area contributed by atoms with Crippen molar-refractivity contribution in [2.24, 2.45) is 5.92 Å². The van der Waals surface area contributed by atoms with Gasteiger partial charge in [-0.05, 0) is 39.7 Å². The minimum Gasteiger partial charge on any atom is -0.444 e. The fraction of sp³-hybridized carbons (Fsp3) is 0.692. The summed E-state index contributed by atoms with van der Waals surface area (Å²) >= 11 is 0. The van der Waals surface area contributed by atoms with E-state index >= 15 is 0 Å². The van der Waals surface area contributed by atoms with Crippen LogP contribution in [0.25, 0.3) is 0 Å². The van der Waals surface area contributed by atoms with E-state index in [1.54, 1.807) is 4.90 Å². The molecule has 0 aromatic heterocycles. The second-order valence-electron chi connectivity index (χ2n) is 5.37. The van der Waals surface area contributed by atoms with E-state index in [9.17, 15) is 9.59 Å². The Morgan fingerprint density at radius 3 is 2.59 bits per heavy atom. The van der Waals surface area contributed by atoms with Gasteiger partial charge in [0, 0.05) is 19.0 Å². The molecular formula is C13H21NO3. The van der Waals surface area contributed by atoms with Crippen LogP contribution in [0.15, 0.2) is 12.7 Å². The van der Waals surface area contributed by atoms with Crippen molar-refractivity contribution in [3.8, 4) is 0 Å². The number of allylic oxidation sites excluding steroid dienone is 1. The Kier molecular flexibility index (Phi) is 4.32. The fourth-order valence-electron chi connectivity index (χ4n) is 1.87. The molecule has 4 heteroatoms. The lowest BCUT2D eigenvalue weighted by molar-refractivity contribution is -0.119. The molecule has 0 aromatic carbocycles. The van der Waals surface area contributed by atoms with E-state index in [4.69, 9.17) is 4.74 Å². The molecule has 1 fully saturated rings. The average molecular weight is 239 g/mol. The number of hydrogen-bond donors (Lipinski definition) is 0. The molecule has 0 bridgehead atoms. The van der Waals surface area contributed by atoms with Gasteiger partial charge in [-0.3, -0.25) is 4.79 Å². The number of carbonyl (C=O) groups excluding carboxylic acids is 2. The minimum absolute atomic E-state index is 0.0123. The molecule has 0 radical (unpaired) electrons. The molecule has 0 aliphatic carbocycles. The molecular weight excluding hydrogens is 218 g/mol. The Morgan fingerprint density at radius 2 is 2.06 bits per heavy atom. The summed E-state index contributed by atoms with van der Waals surface area (Å²) in [4.78, 5) is 25.0. The molecule has 1 saturated heterocycles. The van der Waals surface area contributed by atoms with Gasteiger partial charge in [-0.15, -0.1) is 0 Å². The molecule has 4 nitrogen and oxygen atoms in total. The Bertz CT molecular complexity index is 317. The van der Waals surface area contributed by atoms with Crippen LogP contribution in [-0.4, -0.2) is 35.5 Å². The molecule has 0 N–H and O–H groups in total. The van der Waals surface area contributed by atoms with Gasteiger partial charge in [0.2, 0.25) is 0 Å². The Balaban J connectivity index is 2.57. The van der Waals surface area contributed by atoms with Gasteiger partial charge < -0.3 is 9.64 Å². The highest BCUT2D eigenvalue weighted by Crippen LogP contribution is 2.20. The number of rotatable bonds is 2. The third-order valence-electron chi connectivity index (χ3n) is 2.68. The smallest absolute Gasteiger partial charge is 0.410 e. The molecule has 0 spiro atoms. The van der Waals surface area contributed by atoms with Crippen LogP contribution in [0.2, 0.25) is 0 Å². The quantitative estimate of drug-likeness (QED) is 0.695. The van der Waals surface area contributed by atoms with E-state index < -0.39 is 5.60 Å². The van der Waals surface area contributed by atoms with Crippen LogP contribution in [0.4, 0.5) is 4.79 Å². The normalized spacial score (nSPS) is 20.9. The van der Waals surface area contributed by atoms with E-state index in [1.807, 2.05) is 20.8 Å². The van der Waals surface area contributed by atoms with Crippen molar-refractivity contribution in [2.45, 2.75) is 39.2 Å². The topological polar surface area (TPSA) is 46.6 Å². The number of ether oxygens (including phenoxy) is 1. The largest absolute Gasteiger partial charge is 0.444 e. The predicted octanol–water partition coefficient (Wildman–Crippen LogP) is 2.39. The second kappa shape index (κ2) is 5.34. The number of ketones is 1. The number of piperidine rings is 1. The van der Waals surface area contributed by atoms with E-state index in [0.717, 1.165) is 12.8 Å². The summed E-state index contributed by atoms with van der Waals surface area (Å²) in [5.41, 5.74) is -0.494. The van der Waals surface area contributed by atoms with Gasteiger partial charge >= 0.3 is 6.09 Å². The first-order chi connectivity index (χ1) is 7.83. The van der Waals surface area contributed by atoms with Crippen LogP contribution >= 0.6 is 0 Å². The summed E-state index contributed by atoms with van der Waals surface area (Å²) in [6.45, 7) is 10.1. The number of hydrogen-bond acceptors (Lipinski definition) is 3. The first-order valence-electron chi connectivity index (χ1n) is 5.97. The summed E-state index contributed by atoms with van der Waals surface area (Å²) in [7, 11) is 0. The maximum atomic E-state index is 11.8. The minimum atomic E-state index is -0.494. The van der Waals surface area contributed by atoms with Crippen molar-refractivity contribution in [3.05, 3.63) is 12.7 Å². The van der Waals surface area contributed by atoms with Crippen molar-refractivity contribution >= 4 is 11.9 Å². The highest BCUT2D eigenvalue weighted by Gasteiger charge is 2.29. The van der Waals surface area contributed by atoms with E-state index in [-0.39, 0.29) is 17.8 Å². The molecule has 1 aliphatic rings. The summed E-state index contributed by atoms with van der Waals surface area (Å²) in [6.07, 6.45) is 2.66. The van der Waals surface area contributed by atoms with Crippen molar-refractivity contribution in [1.29, 1.82) is 0 Å². The zero-order valence-electron chi connectivity index (χ0n) is 10.9. The number of amides is 1. The molecule has 0 unspecified atom stereocenters. The lowest BCUT2D eigenvalue weighted by atomic mass is 9.94. The summed E-state index contributed by atoms with van der Waals surface area (Å²) < 4.78 is 5.29. The molecule has 1 heterocycles. The van der Waals surface area contributed by atoms with Gasteiger partial charge in [0.1, 0.15) is 5.60 Å². The van der Waals surface area contributed by atoms with Crippen LogP contribution in [0.5, 0.6) is 0 Å². The molecule has 0 saturated carbocycles. The molecule has 0 aromatic rings. The lowest BCUT2D eigenvalue weighted by Crippen LogP contribution is -2.44. The zero-order valence-corrected chi connectivity index (χ0v) is 10.9. The third kappa shape index (κ3) is 4.21. The highest BCUT2D eigenvalue weighted by atomic mass is 16.6. The van der Waals surface area contributed by atoms with Crippen LogP contribution in [0.1, 0.15) is 33.6 Å². The SMILES string of the molecule is C=CC(=O)[C@@H]1CCCN(C(=O)OC(C)(C)C)C1. The summed E-state index contributed by atoms with van der Waals surface area (Å²) in [5.74, 6) is -0.105. The first kappa shape index (κ1) is 13.7. The maximum absolute atomic E-state index is 11.8. The molecule has 1 aliphatic heterocycles. The van der Waals surface area contributed by atoms with Gasteiger partial charge in [0.15, 0.2) is 5.78 Å². The predicted molar refractivity (Wildman–Crippen MR) is 65.7 cm³/mol. The molecule has 1 rings (SSSR count). The van der Waals surface area contributed by atoms with Crippen molar-refractivity contribution in [3.63, 3.8) is 0 Å². The van der Waals surface area contributed by atoms with E-state index in [0.29, 0.717) is 13.1 Å². The van der Waals surface area contributed by atoms with Crippen molar-refractivity contribution in [1.82, 2.24) is 4.90 Å². The Labute approximate surface area is 103 Å². The summed E-state index contributed by atoms with van der Waals surface area (Å²) in [5, 5.41) is 0. The fourth-order valence-corrected chi connectivity index (χ4v) is 1.87. The van der Waals surface area contributed by atoms with Crippen LogP contribution in [0.3, 0.4) is 0 Å². The van der Waals surface area contributed by atoms with Crippen LogP contribution in [0, 0.1) is 5.92 Å².